The van der Waals surface area contributed by atoms with E-state index in [2.05, 4.69) is 20.5 Å². The zero-order valence-corrected chi connectivity index (χ0v) is 10.0. The summed E-state index contributed by atoms with van der Waals surface area (Å²) in [4.78, 5) is 17.4. The van der Waals surface area contributed by atoms with Crippen LogP contribution in [0.1, 0.15) is 26.1 Å². The van der Waals surface area contributed by atoms with Crippen molar-refractivity contribution in [1.29, 1.82) is 0 Å². The van der Waals surface area contributed by atoms with Crippen LogP contribution in [0, 0.1) is 0 Å². The largest absolute Gasteiger partial charge is 0.338 e. The molecule has 0 aliphatic heterocycles. The van der Waals surface area contributed by atoms with Crippen LogP contribution < -0.4 is 5.32 Å². The highest BCUT2D eigenvalue weighted by Gasteiger charge is 2.13. The van der Waals surface area contributed by atoms with Crippen LogP contribution in [0.4, 0.5) is 0 Å². The molecule has 90 valence electrons. The fourth-order valence-electron chi connectivity index (χ4n) is 1.46. The topological polar surface area (TPSA) is 73.9 Å². The van der Waals surface area contributed by atoms with Crippen molar-refractivity contribution in [3.05, 3.63) is 12.2 Å². The van der Waals surface area contributed by atoms with Crippen LogP contribution in [0.2, 0.25) is 0 Å². The first-order chi connectivity index (χ1) is 7.63. The number of hydrogen-bond donors (Lipinski definition) is 2. The van der Waals surface area contributed by atoms with Crippen molar-refractivity contribution >= 4 is 5.91 Å². The summed E-state index contributed by atoms with van der Waals surface area (Å²) in [5, 5.41) is 9.68. The van der Waals surface area contributed by atoms with E-state index in [4.69, 9.17) is 0 Å². The molecule has 2 N–H and O–H groups in total. The lowest BCUT2D eigenvalue weighted by Gasteiger charge is -2.18. The summed E-state index contributed by atoms with van der Waals surface area (Å²) < 4.78 is 0. The molecule has 6 heteroatoms. The van der Waals surface area contributed by atoms with E-state index in [9.17, 15) is 4.79 Å². The molecule has 1 aromatic rings. The Kier molecular flexibility index (Phi) is 4.91. The Labute approximate surface area is 95.4 Å². The predicted molar refractivity (Wildman–Crippen MR) is 60.6 cm³/mol. The van der Waals surface area contributed by atoms with Gasteiger partial charge in [-0.05, 0) is 13.5 Å². The zero-order chi connectivity index (χ0) is 12.0. The van der Waals surface area contributed by atoms with Crippen molar-refractivity contribution in [2.45, 2.75) is 32.9 Å². The van der Waals surface area contributed by atoms with Gasteiger partial charge < -0.3 is 10.2 Å². The van der Waals surface area contributed by atoms with Gasteiger partial charge in [-0.15, -0.1) is 0 Å². The van der Waals surface area contributed by atoms with Gasteiger partial charge in [0.05, 0.1) is 6.54 Å². The van der Waals surface area contributed by atoms with E-state index in [1.165, 1.54) is 6.33 Å². The Morgan fingerprint density at radius 1 is 1.69 bits per heavy atom. The normalized spacial score (nSPS) is 12.4. The van der Waals surface area contributed by atoms with E-state index in [0.717, 1.165) is 6.54 Å². The lowest BCUT2D eigenvalue weighted by atomic mass is 10.2. The van der Waals surface area contributed by atoms with Crippen molar-refractivity contribution in [3.63, 3.8) is 0 Å². The number of aromatic nitrogens is 3. The van der Waals surface area contributed by atoms with Crippen LogP contribution in [0.5, 0.6) is 0 Å². The minimum absolute atomic E-state index is 0.102. The molecule has 1 atom stereocenters. The average Bonchev–Trinajstić information content (AvgIpc) is 2.70. The summed E-state index contributed by atoms with van der Waals surface area (Å²) >= 11 is 0. The molecular weight excluding hydrogens is 206 g/mol. The smallest absolute Gasteiger partial charge is 0.224 e. The molecule has 1 heterocycles. The molecule has 16 heavy (non-hydrogen) atoms. The molecule has 0 saturated carbocycles. The fourth-order valence-corrected chi connectivity index (χ4v) is 1.46. The summed E-state index contributed by atoms with van der Waals surface area (Å²) in [6, 6.07) is 0.203. The maximum Gasteiger partial charge on any atom is 0.224 e. The van der Waals surface area contributed by atoms with Crippen LogP contribution >= 0.6 is 0 Å². The number of carbonyl (C=O) groups is 1. The molecule has 0 fully saturated rings. The second kappa shape index (κ2) is 6.22. The zero-order valence-electron chi connectivity index (χ0n) is 10.0. The van der Waals surface area contributed by atoms with E-state index < -0.39 is 0 Å². The number of hydrogen-bond acceptors (Lipinski definition) is 4. The molecule has 1 amide bonds. The lowest BCUT2D eigenvalue weighted by molar-refractivity contribution is -0.130. The molecule has 0 aliphatic carbocycles. The van der Waals surface area contributed by atoms with Crippen molar-refractivity contribution in [1.82, 2.24) is 25.4 Å². The number of aromatic amines is 1. The Balaban J connectivity index is 2.36. The van der Waals surface area contributed by atoms with Gasteiger partial charge in [0.2, 0.25) is 5.91 Å². The Hall–Kier alpha value is -1.43. The maximum absolute atomic E-state index is 11.8. The summed E-state index contributed by atoms with van der Waals surface area (Å²) in [5.41, 5.74) is 0. The quantitative estimate of drug-likeness (QED) is 0.723. The van der Waals surface area contributed by atoms with Gasteiger partial charge >= 0.3 is 0 Å². The molecule has 0 aromatic carbocycles. The summed E-state index contributed by atoms with van der Waals surface area (Å²) in [6.45, 7) is 5.38. The highest BCUT2D eigenvalue weighted by Crippen LogP contribution is 2.00. The number of nitrogens with zero attached hydrogens (tertiary/aromatic N) is 3. The van der Waals surface area contributed by atoms with E-state index >= 15 is 0 Å². The van der Waals surface area contributed by atoms with E-state index in [1.807, 2.05) is 13.8 Å². The molecule has 0 aliphatic rings. The van der Waals surface area contributed by atoms with Crippen LogP contribution in [0.15, 0.2) is 6.33 Å². The summed E-state index contributed by atoms with van der Waals surface area (Å²) in [6.07, 6.45) is 1.94. The monoisotopic (exact) mass is 225 g/mol. The Morgan fingerprint density at radius 2 is 2.44 bits per heavy atom. The van der Waals surface area contributed by atoms with Gasteiger partial charge in [0.15, 0.2) is 0 Å². The van der Waals surface area contributed by atoms with Crippen LogP contribution in [0.3, 0.4) is 0 Å². The van der Waals surface area contributed by atoms with Gasteiger partial charge in [-0.2, -0.15) is 5.10 Å². The predicted octanol–water partition coefficient (Wildman–Crippen LogP) is 0.151. The number of H-pyrrole nitrogens is 1. The van der Waals surface area contributed by atoms with Crippen molar-refractivity contribution in [2.75, 3.05) is 13.6 Å². The Morgan fingerprint density at radius 3 is 3.00 bits per heavy atom. The Bertz CT molecular complexity index is 311. The average molecular weight is 225 g/mol. The third kappa shape index (κ3) is 3.98. The second-order valence-corrected chi connectivity index (χ2v) is 3.84. The molecule has 6 nitrogen and oxygen atoms in total. The molecule has 1 unspecified atom stereocenters. The van der Waals surface area contributed by atoms with Crippen LogP contribution in [-0.4, -0.2) is 45.6 Å². The van der Waals surface area contributed by atoms with Gasteiger partial charge in [0, 0.05) is 19.5 Å². The van der Waals surface area contributed by atoms with Crippen molar-refractivity contribution in [2.24, 2.45) is 0 Å². The number of carbonyl (C=O) groups excluding carboxylic acids is 1. The highest BCUT2D eigenvalue weighted by atomic mass is 16.2. The van der Waals surface area contributed by atoms with Gasteiger partial charge in [-0.25, -0.2) is 4.98 Å². The molecule has 1 rings (SSSR count). The minimum Gasteiger partial charge on any atom is -0.338 e. The first-order valence-electron chi connectivity index (χ1n) is 5.45. The van der Waals surface area contributed by atoms with Gasteiger partial charge in [-0.3, -0.25) is 9.89 Å². The lowest BCUT2D eigenvalue weighted by Crippen LogP contribution is -2.34. The molecule has 0 bridgehead atoms. The number of rotatable bonds is 6. The van der Waals surface area contributed by atoms with E-state index in [0.29, 0.717) is 18.8 Å². The molecule has 1 aromatic heterocycles. The molecule has 0 saturated heterocycles. The highest BCUT2D eigenvalue weighted by molar-refractivity contribution is 5.76. The first kappa shape index (κ1) is 12.6. The van der Waals surface area contributed by atoms with Crippen molar-refractivity contribution < 1.29 is 4.79 Å². The maximum atomic E-state index is 11.8. The summed E-state index contributed by atoms with van der Waals surface area (Å²) in [5.74, 6) is 0.803. The minimum atomic E-state index is 0.102. The van der Waals surface area contributed by atoms with E-state index in [-0.39, 0.29) is 11.9 Å². The summed E-state index contributed by atoms with van der Waals surface area (Å²) in [7, 11) is 1.77. The third-order valence-electron chi connectivity index (χ3n) is 2.31. The van der Waals surface area contributed by atoms with Gasteiger partial charge in [0.1, 0.15) is 12.2 Å². The third-order valence-corrected chi connectivity index (χ3v) is 2.31. The van der Waals surface area contributed by atoms with Crippen LogP contribution in [-0.2, 0) is 11.3 Å². The fraction of sp³-hybridized carbons (Fsp3) is 0.700. The number of amides is 1. The van der Waals surface area contributed by atoms with Crippen LogP contribution in [0.25, 0.3) is 0 Å². The van der Waals surface area contributed by atoms with Crippen molar-refractivity contribution in [3.8, 4) is 0 Å². The first-order valence-corrected chi connectivity index (χ1v) is 5.45. The molecule has 0 radical (unpaired) electrons. The van der Waals surface area contributed by atoms with E-state index in [1.54, 1.807) is 11.9 Å². The second-order valence-electron chi connectivity index (χ2n) is 3.84. The molecule has 0 spiro atoms. The number of nitrogens with one attached hydrogen (secondary N) is 2. The molecular formula is C10H19N5O. The standard InChI is InChI=1S/C10H19N5O/c1-4-11-8(2)5-10(16)15(3)6-9-12-7-13-14-9/h7-8,11H,4-6H2,1-3H3,(H,12,13,14). The van der Waals surface area contributed by atoms with Gasteiger partial charge in [0.25, 0.3) is 0 Å². The SMILES string of the molecule is CCNC(C)CC(=O)N(C)Cc1ncn[nH]1. The van der Waals surface area contributed by atoms with Gasteiger partial charge in [-0.1, -0.05) is 6.92 Å².